The van der Waals surface area contributed by atoms with Crippen LogP contribution in [0.1, 0.15) is 58.9 Å². The molecule has 0 radical (unpaired) electrons. The molecule has 4 rings (SSSR count). The number of nitrogens with one attached hydrogen (secondary N) is 1. The summed E-state index contributed by atoms with van der Waals surface area (Å²) in [6, 6.07) is 9.55. The van der Waals surface area contributed by atoms with E-state index in [1.807, 2.05) is 24.3 Å². The zero-order valence-electron chi connectivity index (χ0n) is 19.1. The molecule has 2 fully saturated rings. The fourth-order valence-electron chi connectivity index (χ4n) is 5.10. The number of benzene rings is 1. The molecule has 3 unspecified atom stereocenters. The van der Waals surface area contributed by atoms with E-state index in [1.54, 1.807) is 26.3 Å². The molecule has 1 aromatic heterocycles. The van der Waals surface area contributed by atoms with Crippen LogP contribution in [0.25, 0.3) is 0 Å². The molecular formula is C25H31N3O5. The van der Waals surface area contributed by atoms with Crippen LogP contribution in [0.3, 0.4) is 0 Å². The van der Waals surface area contributed by atoms with Crippen molar-refractivity contribution in [3.8, 4) is 5.75 Å². The summed E-state index contributed by atoms with van der Waals surface area (Å²) < 4.78 is 10.5. The summed E-state index contributed by atoms with van der Waals surface area (Å²) in [6.45, 7) is 2.16. The molecule has 0 spiro atoms. The fraction of sp³-hybridized carbons (Fsp3) is 0.480. The fourth-order valence-corrected chi connectivity index (χ4v) is 5.10. The molecule has 176 valence electrons. The number of pyridine rings is 1. The van der Waals surface area contributed by atoms with E-state index in [1.165, 1.54) is 0 Å². The summed E-state index contributed by atoms with van der Waals surface area (Å²) in [5.74, 6) is 0.986. The van der Waals surface area contributed by atoms with Crippen LogP contribution in [0.15, 0.2) is 36.5 Å². The number of carbonyl (C=O) groups excluding carboxylic acids is 2. The van der Waals surface area contributed by atoms with Crippen molar-refractivity contribution in [2.24, 2.45) is 0 Å². The lowest BCUT2D eigenvalue weighted by Gasteiger charge is -2.26. The van der Waals surface area contributed by atoms with Crippen molar-refractivity contribution in [1.29, 1.82) is 0 Å². The predicted molar refractivity (Wildman–Crippen MR) is 124 cm³/mol. The van der Waals surface area contributed by atoms with Gasteiger partial charge in [0.15, 0.2) is 0 Å². The third-order valence-corrected chi connectivity index (χ3v) is 6.56. The van der Waals surface area contributed by atoms with Gasteiger partial charge < -0.3 is 24.8 Å². The van der Waals surface area contributed by atoms with Gasteiger partial charge in [0, 0.05) is 30.0 Å². The van der Waals surface area contributed by atoms with Gasteiger partial charge in [-0.05, 0) is 63.3 Å². The second-order valence-electron chi connectivity index (χ2n) is 8.46. The van der Waals surface area contributed by atoms with Crippen molar-refractivity contribution in [2.75, 3.05) is 25.2 Å². The van der Waals surface area contributed by atoms with Gasteiger partial charge in [0.1, 0.15) is 11.6 Å². The first-order chi connectivity index (χ1) is 16.1. The molecule has 2 aromatic rings. The van der Waals surface area contributed by atoms with Gasteiger partial charge in [0.05, 0.1) is 31.4 Å². The topological polar surface area (TPSA) is 101 Å². The molecular weight excluding hydrogens is 422 g/mol. The first-order valence-electron chi connectivity index (χ1n) is 11.6. The molecule has 2 bridgehead atoms. The molecule has 2 aliphatic rings. The lowest BCUT2D eigenvalue weighted by Crippen LogP contribution is -2.44. The first-order valence-corrected chi connectivity index (χ1v) is 11.6. The Bertz CT molecular complexity index is 994. The zero-order valence-corrected chi connectivity index (χ0v) is 19.1. The van der Waals surface area contributed by atoms with E-state index in [9.17, 15) is 14.7 Å². The molecule has 33 heavy (non-hydrogen) atoms. The van der Waals surface area contributed by atoms with Gasteiger partial charge in [0.25, 0.3) is 5.91 Å². The van der Waals surface area contributed by atoms with Crippen LogP contribution in [-0.2, 0) is 11.2 Å². The van der Waals surface area contributed by atoms with Gasteiger partial charge in [-0.25, -0.2) is 9.78 Å². The molecule has 3 atom stereocenters. The number of nitrogens with zero attached hydrogens (tertiary/aromatic N) is 2. The van der Waals surface area contributed by atoms with Gasteiger partial charge in [-0.1, -0.05) is 6.07 Å². The maximum absolute atomic E-state index is 13.2. The van der Waals surface area contributed by atoms with Gasteiger partial charge in [0.2, 0.25) is 0 Å². The zero-order chi connectivity index (χ0) is 23.4. The molecule has 2 aliphatic heterocycles. The SMILES string of the molecule is CCOC(=O)c1ccc(N2C3CCC2C(NC(=O)c2cccc(OC)c2CCCO)C3)nc1. The smallest absolute Gasteiger partial charge is 0.339 e. The minimum Gasteiger partial charge on any atom is -0.496 e. The standard InChI is InChI=1S/C25H31N3O5/c1-3-33-25(31)16-9-12-23(26-15-16)28-17-10-11-21(28)20(14-17)27-24(30)19-6-4-8-22(32-2)18(19)7-5-13-29/h4,6,8-9,12,15,17,20-21,29H,3,5,7,10-11,13-14H2,1-2H3,(H,27,30). The normalized spacial score (nSPS) is 21.2. The Balaban J connectivity index is 1.48. The second kappa shape index (κ2) is 10.2. The summed E-state index contributed by atoms with van der Waals surface area (Å²) in [5.41, 5.74) is 1.85. The number of aliphatic hydroxyl groups is 1. The van der Waals surface area contributed by atoms with Crippen LogP contribution in [0.4, 0.5) is 5.82 Å². The Labute approximate surface area is 193 Å². The number of hydrogen-bond acceptors (Lipinski definition) is 7. The molecule has 1 aromatic carbocycles. The predicted octanol–water partition coefficient (Wildman–Crippen LogP) is 2.73. The maximum Gasteiger partial charge on any atom is 0.339 e. The molecule has 8 heteroatoms. The first kappa shape index (κ1) is 23.0. The van der Waals surface area contributed by atoms with Crippen molar-refractivity contribution < 1.29 is 24.2 Å². The number of anilines is 1. The van der Waals surface area contributed by atoms with Gasteiger partial charge >= 0.3 is 5.97 Å². The van der Waals surface area contributed by atoms with Crippen molar-refractivity contribution in [3.05, 3.63) is 53.2 Å². The highest BCUT2D eigenvalue weighted by Gasteiger charge is 2.47. The lowest BCUT2D eigenvalue weighted by atomic mass is 9.94. The van der Waals surface area contributed by atoms with Crippen LogP contribution in [0.2, 0.25) is 0 Å². The van der Waals surface area contributed by atoms with Crippen LogP contribution < -0.4 is 15.0 Å². The number of aromatic nitrogens is 1. The van der Waals surface area contributed by atoms with Crippen LogP contribution in [-0.4, -0.2) is 60.4 Å². The quantitative estimate of drug-likeness (QED) is 0.563. The van der Waals surface area contributed by atoms with Crippen molar-refractivity contribution >= 4 is 17.7 Å². The van der Waals surface area contributed by atoms with Crippen LogP contribution >= 0.6 is 0 Å². The largest absolute Gasteiger partial charge is 0.496 e. The van der Waals surface area contributed by atoms with Gasteiger partial charge in [-0.3, -0.25) is 4.79 Å². The van der Waals surface area contributed by atoms with Crippen molar-refractivity contribution in [3.63, 3.8) is 0 Å². The molecule has 2 saturated heterocycles. The highest BCUT2D eigenvalue weighted by atomic mass is 16.5. The van der Waals surface area contributed by atoms with Gasteiger partial charge in [-0.15, -0.1) is 0 Å². The highest BCUT2D eigenvalue weighted by Crippen LogP contribution is 2.40. The Hall–Kier alpha value is -3.13. The molecule has 2 N–H and O–H groups in total. The number of amides is 1. The van der Waals surface area contributed by atoms with Crippen molar-refractivity contribution in [1.82, 2.24) is 10.3 Å². The van der Waals surface area contributed by atoms with E-state index < -0.39 is 0 Å². The maximum atomic E-state index is 13.2. The Morgan fingerprint density at radius 1 is 1.24 bits per heavy atom. The molecule has 0 saturated carbocycles. The highest BCUT2D eigenvalue weighted by molar-refractivity contribution is 5.96. The Morgan fingerprint density at radius 2 is 2.09 bits per heavy atom. The van der Waals surface area contributed by atoms with E-state index in [-0.39, 0.29) is 30.6 Å². The van der Waals surface area contributed by atoms with Crippen molar-refractivity contribution in [2.45, 2.75) is 57.2 Å². The third-order valence-electron chi connectivity index (χ3n) is 6.56. The minimum absolute atomic E-state index is 0.0136. The van der Waals surface area contributed by atoms with E-state index >= 15 is 0 Å². The van der Waals surface area contributed by atoms with E-state index in [0.29, 0.717) is 42.4 Å². The number of fused-ring (bicyclic) bond motifs is 2. The van der Waals surface area contributed by atoms with Gasteiger partial charge in [-0.2, -0.15) is 0 Å². The Morgan fingerprint density at radius 3 is 2.79 bits per heavy atom. The van der Waals surface area contributed by atoms with Crippen LogP contribution in [0, 0.1) is 0 Å². The lowest BCUT2D eigenvalue weighted by molar-refractivity contribution is 0.0525. The van der Waals surface area contributed by atoms with Crippen LogP contribution in [0.5, 0.6) is 5.75 Å². The summed E-state index contributed by atoms with van der Waals surface area (Å²) in [6.07, 6.45) is 5.58. The number of aliphatic hydroxyl groups excluding tert-OH is 1. The molecule has 1 amide bonds. The Kier molecular flexibility index (Phi) is 7.13. The van der Waals surface area contributed by atoms with E-state index in [4.69, 9.17) is 9.47 Å². The number of carbonyl (C=O) groups is 2. The summed E-state index contributed by atoms with van der Waals surface area (Å²) in [5, 5.41) is 12.5. The second-order valence-corrected chi connectivity index (χ2v) is 8.46. The number of ether oxygens (including phenoxy) is 2. The summed E-state index contributed by atoms with van der Waals surface area (Å²) in [4.78, 5) is 32.0. The third kappa shape index (κ3) is 4.66. The summed E-state index contributed by atoms with van der Waals surface area (Å²) in [7, 11) is 1.59. The average Bonchev–Trinajstić information content (AvgIpc) is 3.40. The monoisotopic (exact) mass is 453 g/mol. The number of rotatable bonds is 9. The number of methoxy groups -OCH3 is 1. The molecule has 0 aliphatic carbocycles. The summed E-state index contributed by atoms with van der Waals surface area (Å²) >= 11 is 0. The minimum atomic E-state index is -0.374. The number of hydrogen-bond donors (Lipinski definition) is 2. The van der Waals surface area contributed by atoms with E-state index in [0.717, 1.165) is 30.6 Å². The van der Waals surface area contributed by atoms with E-state index in [2.05, 4.69) is 15.2 Å². The molecule has 3 heterocycles. The number of esters is 1. The average molecular weight is 454 g/mol. The molecule has 8 nitrogen and oxygen atoms in total.